The SMILES string of the molecule is c1ccc(CO[C@@H]2CCC[C@H]2n2cc(-c3nccs3)nn2)cc1. The van der Waals surface area contributed by atoms with Gasteiger partial charge in [-0.1, -0.05) is 35.5 Å². The van der Waals surface area contributed by atoms with E-state index in [1.165, 1.54) is 5.56 Å². The second-order valence-electron chi connectivity index (χ2n) is 5.75. The highest BCUT2D eigenvalue weighted by atomic mass is 32.1. The minimum absolute atomic E-state index is 0.195. The number of aromatic nitrogens is 4. The van der Waals surface area contributed by atoms with Crippen molar-refractivity contribution in [3.63, 3.8) is 0 Å². The Morgan fingerprint density at radius 2 is 2.13 bits per heavy atom. The summed E-state index contributed by atoms with van der Waals surface area (Å²) in [7, 11) is 0. The number of ether oxygens (including phenoxy) is 1. The summed E-state index contributed by atoms with van der Waals surface area (Å²) < 4.78 is 8.11. The van der Waals surface area contributed by atoms with E-state index in [0.29, 0.717) is 6.61 Å². The summed E-state index contributed by atoms with van der Waals surface area (Å²) >= 11 is 1.58. The Hall–Kier alpha value is -2.05. The normalized spacial score (nSPS) is 20.9. The molecule has 2 atom stereocenters. The lowest BCUT2D eigenvalue weighted by Crippen LogP contribution is -2.22. The van der Waals surface area contributed by atoms with E-state index in [2.05, 4.69) is 27.4 Å². The molecule has 6 heteroatoms. The Balaban J connectivity index is 1.45. The summed E-state index contributed by atoms with van der Waals surface area (Å²) in [5, 5.41) is 11.4. The molecule has 4 rings (SSSR count). The highest BCUT2D eigenvalue weighted by molar-refractivity contribution is 7.13. The van der Waals surface area contributed by atoms with Crippen LogP contribution in [0, 0.1) is 0 Å². The van der Waals surface area contributed by atoms with Gasteiger partial charge in [-0.05, 0) is 24.8 Å². The average Bonchev–Trinajstić information content (AvgIpc) is 3.32. The van der Waals surface area contributed by atoms with E-state index in [1.54, 1.807) is 17.5 Å². The van der Waals surface area contributed by atoms with Crippen molar-refractivity contribution in [2.75, 3.05) is 0 Å². The van der Waals surface area contributed by atoms with Crippen LogP contribution in [0.3, 0.4) is 0 Å². The maximum absolute atomic E-state index is 6.15. The molecule has 1 saturated carbocycles. The molecule has 0 saturated heterocycles. The lowest BCUT2D eigenvalue weighted by atomic mass is 10.2. The van der Waals surface area contributed by atoms with Crippen molar-refractivity contribution < 1.29 is 4.74 Å². The molecule has 0 radical (unpaired) electrons. The number of nitrogens with zero attached hydrogens (tertiary/aromatic N) is 4. The predicted octanol–water partition coefficient (Wildman–Crippen LogP) is 3.71. The van der Waals surface area contributed by atoms with Crippen LogP contribution in [-0.4, -0.2) is 26.1 Å². The number of benzene rings is 1. The standard InChI is InChI=1S/C17H18N4OS/c1-2-5-13(6-3-1)12-22-16-8-4-7-15(16)21-11-14(19-20-21)17-18-9-10-23-17/h1-3,5-6,9-11,15-16H,4,7-8,12H2/t15-,16-/m1/s1. The zero-order chi connectivity index (χ0) is 15.5. The number of rotatable bonds is 5. The topological polar surface area (TPSA) is 52.8 Å². The van der Waals surface area contributed by atoms with Crippen LogP contribution in [0.25, 0.3) is 10.7 Å². The van der Waals surface area contributed by atoms with Gasteiger partial charge in [0.15, 0.2) is 0 Å². The molecule has 1 aliphatic carbocycles. The third-order valence-electron chi connectivity index (χ3n) is 4.23. The molecular formula is C17H18N4OS. The van der Waals surface area contributed by atoms with Gasteiger partial charge in [-0.3, -0.25) is 0 Å². The largest absolute Gasteiger partial charge is 0.371 e. The summed E-state index contributed by atoms with van der Waals surface area (Å²) in [4.78, 5) is 4.29. The molecule has 1 aliphatic rings. The van der Waals surface area contributed by atoms with E-state index < -0.39 is 0 Å². The van der Waals surface area contributed by atoms with Crippen molar-refractivity contribution in [2.45, 2.75) is 38.0 Å². The zero-order valence-corrected chi connectivity index (χ0v) is 13.5. The van der Waals surface area contributed by atoms with Crippen molar-refractivity contribution in [3.8, 4) is 10.7 Å². The molecule has 2 heterocycles. The number of thiazole rings is 1. The van der Waals surface area contributed by atoms with Gasteiger partial charge in [0.05, 0.1) is 24.9 Å². The Kier molecular flexibility index (Phi) is 4.17. The number of hydrogen-bond donors (Lipinski definition) is 0. The van der Waals surface area contributed by atoms with Crippen molar-refractivity contribution >= 4 is 11.3 Å². The minimum Gasteiger partial charge on any atom is -0.371 e. The zero-order valence-electron chi connectivity index (χ0n) is 12.7. The summed E-state index contributed by atoms with van der Waals surface area (Å²) in [6.07, 6.45) is 7.30. The summed E-state index contributed by atoms with van der Waals surface area (Å²) in [6.45, 7) is 0.649. The average molecular weight is 326 g/mol. The van der Waals surface area contributed by atoms with E-state index in [1.807, 2.05) is 34.5 Å². The minimum atomic E-state index is 0.195. The van der Waals surface area contributed by atoms with Gasteiger partial charge in [-0.2, -0.15) is 0 Å². The van der Waals surface area contributed by atoms with Crippen LogP contribution >= 0.6 is 11.3 Å². The fraction of sp³-hybridized carbons (Fsp3) is 0.353. The molecule has 3 aromatic rings. The van der Waals surface area contributed by atoms with Crippen molar-refractivity contribution in [2.24, 2.45) is 0 Å². The van der Waals surface area contributed by atoms with E-state index in [-0.39, 0.29) is 12.1 Å². The summed E-state index contributed by atoms with van der Waals surface area (Å²) in [5.74, 6) is 0. The molecule has 1 aromatic carbocycles. The lowest BCUT2D eigenvalue weighted by Gasteiger charge is -2.20. The van der Waals surface area contributed by atoms with Crippen LogP contribution in [0.2, 0.25) is 0 Å². The summed E-state index contributed by atoms with van der Waals surface area (Å²) in [5.41, 5.74) is 2.05. The van der Waals surface area contributed by atoms with Crippen LogP contribution in [0.1, 0.15) is 30.9 Å². The first-order chi connectivity index (χ1) is 11.4. The molecule has 0 amide bonds. The van der Waals surface area contributed by atoms with Gasteiger partial charge in [-0.15, -0.1) is 16.4 Å². The van der Waals surface area contributed by atoms with Gasteiger partial charge in [0, 0.05) is 11.6 Å². The van der Waals surface area contributed by atoms with Crippen LogP contribution in [0.4, 0.5) is 0 Å². The third kappa shape index (κ3) is 3.18. The molecule has 0 bridgehead atoms. The monoisotopic (exact) mass is 326 g/mol. The van der Waals surface area contributed by atoms with Crippen molar-refractivity contribution in [1.82, 2.24) is 20.0 Å². The molecule has 0 unspecified atom stereocenters. The predicted molar refractivity (Wildman–Crippen MR) is 89.0 cm³/mol. The van der Waals surface area contributed by atoms with Crippen molar-refractivity contribution in [3.05, 3.63) is 53.7 Å². The Bertz CT molecular complexity index is 741. The van der Waals surface area contributed by atoms with Crippen LogP contribution in [0.15, 0.2) is 48.1 Å². The van der Waals surface area contributed by atoms with Gasteiger partial charge in [-0.25, -0.2) is 9.67 Å². The van der Waals surface area contributed by atoms with E-state index in [0.717, 1.165) is 30.0 Å². The van der Waals surface area contributed by atoms with E-state index >= 15 is 0 Å². The first-order valence-corrected chi connectivity index (χ1v) is 8.75. The molecule has 0 aliphatic heterocycles. The van der Waals surface area contributed by atoms with Crippen LogP contribution in [0.5, 0.6) is 0 Å². The second-order valence-corrected chi connectivity index (χ2v) is 6.65. The first-order valence-electron chi connectivity index (χ1n) is 7.87. The quantitative estimate of drug-likeness (QED) is 0.717. The molecule has 118 valence electrons. The Morgan fingerprint density at radius 1 is 1.22 bits per heavy atom. The highest BCUT2D eigenvalue weighted by Gasteiger charge is 2.30. The molecule has 2 aromatic heterocycles. The second kappa shape index (κ2) is 6.60. The molecule has 0 N–H and O–H groups in total. The van der Waals surface area contributed by atoms with Crippen LogP contribution < -0.4 is 0 Å². The molecule has 23 heavy (non-hydrogen) atoms. The molecule has 5 nitrogen and oxygen atoms in total. The first kappa shape index (κ1) is 14.5. The van der Waals surface area contributed by atoms with Gasteiger partial charge in [0.2, 0.25) is 0 Å². The lowest BCUT2D eigenvalue weighted by molar-refractivity contribution is 0.0162. The number of hydrogen-bond acceptors (Lipinski definition) is 5. The Morgan fingerprint density at radius 3 is 2.96 bits per heavy atom. The molecule has 1 fully saturated rings. The van der Waals surface area contributed by atoms with Crippen LogP contribution in [-0.2, 0) is 11.3 Å². The van der Waals surface area contributed by atoms with Gasteiger partial charge < -0.3 is 4.74 Å². The van der Waals surface area contributed by atoms with E-state index in [4.69, 9.17) is 4.74 Å². The maximum atomic E-state index is 6.15. The Labute approximate surface area is 138 Å². The van der Waals surface area contributed by atoms with Gasteiger partial charge in [0.25, 0.3) is 0 Å². The molecular weight excluding hydrogens is 308 g/mol. The molecule has 0 spiro atoms. The van der Waals surface area contributed by atoms with Gasteiger partial charge in [0.1, 0.15) is 10.7 Å². The maximum Gasteiger partial charge on any atom is 0.145 e. The van der Waals surface area contributed by atoms with Gasteiger partial charge >= 0.3 is 0 Å². The third-order valence-corrected chi connectivity index (χ3v) is 5.02. The smallest absolute Gasteiger partial charge is 0.145 e. The fourth-order valence-corrected chi connectivity index (χ4v) is 3.65. The van der Waals surface area contributed by atoms with Crippen molar-refractivity contribution in [1.29, 1.82) is 0 Å². The van der Waals surface area contributed by atoms with E-state index in [9.17, 15) is 0 Å². The highest BCUT2D eigenvalue weighted by Crippen LogP contribution is 2.33. The fourth-order valence-electron chi connectivity index (χ4n) is 3.07. The summed E-state index contributed by atoms with van der Waals surface area (Å²) in [6, 6.07) is 10.6.